The number of carbonyl (C=O) groups excluding carboxylic acids is 3. The van der Waals surface area contributed by atoms with Gasteiger partial charge in [-0.15, -0.1) is 0 Å². The number of hydrogen-bond donors (Lipinski definition) is 6. The van der Waals surface area contributed by atoms with Crippen LogP contribution in [0.4, 0.5) is 11.4 Å². The molecule has 69 heavy (non-hydrogen) atoms. The molecule has 3 aliphatic heterocycles. The summed E-state index contributed by atoms with van der Waals surface area (Å²) in [7, 11) is -13.8. The van der Waals surface area contributed by atoms with Crippen molar-refractivity contribution in [2.45, 2.75) is 144 Å². The fourth-order valence-electron chi connectivity index (χ4n) is 9.43. The fraction of sp³-hybridized carbons (Fsp3) is 0.553. The van der Waals surface area contributed by atoms with Crippen molar-refractivity contribution in [3.05, 3.63) is 71.5 Å². The van der Waals surface area contributed by atoms with E-state index >= 15 is 0 Å². The first-order valence-corrected chi connectivity index (χ1v) is 27.8. The number of benzene rings is 2. The van der Waals surface area contributed by atoms with E-state index in [4.69, 9.17) is 5.11 Å². The van der Waals surface area contributed by atoms with E-state index in [1.165, 1.54) is 24.3 Å². The van der Waals surface area contributed by atoms with Crippen LogP contribution in [0.2, 0.25) is 0 Å². The van der Waals surface area contributed by atoms with Gasteiger partial charge in [0.25, 0.3) is 20.2 Å². The molecule has 3 aliphatic rings. The maximum absolute atomic E-state index is 13.3. The Bertz CT molecular complexity index is 2700. The average Bonchev–Trinajstić information content (AvgIpc) is 3.61. The van der Waals surface area contributed by atoms with Crippen molar-refractivity contribution in [2.24, 2.45) is 0 Å². The molecule has 2 unspecified atom stereocenters. The first kappa shape index (κ1) is 54.9. The van der Waals surface area contributed by atoms with Crippen molar-refractivity contribution >= 4 is 71.1 Å². The second-order valence-electron chi connectivity index (χ2n) is 18.6. The zero-order chi connectivity index (χ0) is 50.8. The van der Waals surface area contributed by atoms with E-state index in [-0.39, 0.29) is 61.0 Å². The Morgan fingerprint density at radius 1 is 0.841 bits per heavy atom. The summed E-state index contributed by atoms with van der Waals surface area (Å²) in [6.45, 7) is 6.42. The van der Waals surface area contributed by atoms with Gasteiger partial charge in [0.05, 0.1) is 21.0 Å². The van der Waals surface area contributed by atoms with Gasteiger partial charge in [0.2, 0.25) is 23.4 Å². The Morgan fingerprint density at radius 2 is 1.51 bits per heavy atom. The Balaban J connectivity index is 1.52. The van der Waals surface area contributed by atoms with Crippen LogP contribution in [0.15, 0.2) is 70.1 Å². The lowest BCUT2D eigenvalue weighted by atomic mass is 9.77. The van der Waals surface area contributed by atoms with E-state index in [0.29, 0.717) is 105 Å². The number of aliphatic carboxylic acids is 1. The lowest BCUT2D eigenvalue weighted by molar-refractivity contribution is -0.438. The lowest BCUT2D eigenvalue weighted by Crippen LogP contribution is -2.52. The summed E-state index contributed by atoms with van der Waals surface area (Å²) in [5.41, 5.74) is 2.10. The molecule has 6 N–H and O–H groups in total. The molecule has 5 rings (SSSR count). The van der Waals surface area contributed by atoms with E-state index in [9.17, 15) is 58.1 Å². The number of allylic oxidation sites excluding steroid dienone is 4. The van der Waals surface area contributed by atoms with Gasteiger partial charge in [-0.25, -0.2) is 8.42 Å². The summed E-state index contributed by atoms with van der Waals surface area (Å²) in [6, 6.07) is 7.42. The van der Waals surface area contributed by atoms with E-state index in [1.54, 1.807) is 12.1 Å². The highest BCUT2D eigenvalue weighted by Gasteiger charge is 2.46. The number of amides is 3. The smallest absolute Gasteiger partial charge is 0.303 e. The maximum Gasteiger partial charge on any atom is 0.303 e. The molecular formula is C47H65N5O14S3. The summed E-state index contributed by atoms with van der Waals surface area (Å²) in [5, 5.41) is 17.2. The van der Waals surface area contributed by atoms with Crippen molar-refractivity contribution < 1.29 is 67.8 Å². The van der Waals surface area contributed by atoms with Crippen LogP contribution in [0.25, 0.3) is 0 Å². The van der Waals surface area contributed by atoms with Gasteiger partial charge in [-0.2, -0.15) is 21.4 Å². The van der Waals surface area contributed by atoms with Crippen molar-refractivity contribution in [1.82, 2.24) is 16.0 Å². The molecule has 0 saturated heterocycles. The molecule has 0 aliphatic carbocycles. The lowest BCUT2D eigenvalue weighted by Gasteiger charge is -2.30. The Labute approximate surface area is 405 Å². The number of hydrogen-bond acceptors (Lipinski definition) is 12. The van der Waals surface area contributed by atoms with Gasteiger partial charge in [-0.3, -0.25) is 28.3 Å². The number of rotatable bonds is 13. The number of anilines is 1. The molecule has 0 radical (unpaired) electrons. The monoisotopic (exact) mass is 1020 g/mol. The van der Waals surface area contributed by atoms with Gasteiger partial charge in [0.1, 0.15) is 22.7 Å². The molecule has 3 amide bonds. The first-order valence-electron chi connectivity index (χ1n) is 23.4. The third-order valence-electron chi connectivity index (χ3n) is 13.1. The van der Waals surface area contributed by atoms with Gasteiger partial charge in [-0.05, 0) is 108 Å². The Hall–Kier alpha value is -5.00. The molecule has 380 valence electrons. The minimum Gasteiger partial charge on any atom is -0.744 e. The standard InChI is InChI=1S/C47H65N5O14S3/c1-46(2)35-30-33(68(61,62)63)21-23-38(35)51-27-13-5-4-8-18-42(53)49-32-37(45(57)48-26-12-7-10-20-44(55)56)50-43(54)19-9-6-11-25-47(3)36-31-34(69(64,65)66)22-24-39(36)52(28-15-29-67(58,59)60)41(47)17-14-16-40(46)51/h14,16-17,21-24,30-31,37H,4-13,15,18-20,25-29,32H2,1-3H3,(H6-,48,49,50,53,54,55,56,57,58,59,60,61,62,63,64,65,66). The second kappa shape index (κ2) is 23.3. The molecule has 19 nitrogen and oxygen atoms in total. The number of nitrogens with one attached hydrogen (secondary N) is 3. The van der Waals surface area contributed by atoms with Crippen LogP contribution in [0.1, 0.15) is 128 Å². The molecule has 2 aromatic rings. The quantitative estimate of drug-likeness (QED) is 0.0876. The number of nitrogens with zero attached hydrogens (tertiary/aromatic N) is 2. The summed E-state index contributed by atoms with van der Waals surface area (Å²) < 4.78 is 107. The number of carboxylic acids is 1. The highest BCUT2D eigenvalue weighted by Crippen LogP contribution is 2.51. The van der Waals surface area contributed by atoms with Crippen LogP contribution in [-0.4, -0.2) is 116 Å². The molecule has 0 fully saturated rings. The van der Waals surface area contributed by atoms with E-state index in [2.05, 4.69) is 20.5 Å². The van der Waals surface area contributed by atoms with E-state index in [1.807, 2.05) is 43.9 Å². The molecule has 3 heterocycles. The van der Waals surface area contributed by atoms with Gasteiger partial charge in [-0.1, -0.05) is 31.8 Å². The number of fused-ring (bicyclic) bond motifs is 5. The summed E-state index contributed by atoms with van der Waals surface area (Å²) in [4.78, 5) is 51.6. The molecule has 2 aromatic carbocycles. The van der Waals surface area contributed by atoms with Crippen LogP contribution >= 0.6 is 0 Å². The predicted octanol–water partition coefficient (Wildman–Crippen LogP) is 4.99. The van der Waals surface area contributed by atoms with E-state index < -0.39 is 70.8 Å². The van der Waals surface area contributed by atoms with Gasteiger partial charge < -0.3 is 30.5 Å². The fourth-order valence-corrected chi connectivity index (χ4v) is 10.9. The van der Waals surface area contributed by atoms with Crippen molar-refractivity contribution in [1.29, 1.82) is 0 Å². The molecule has 0 saturated carbocycles. The molecule has 2 atom stereocenters. The number of unbranched alkanes of at least 4 members (excludes halogenated alkanes) is 2. The minimum atomic E-state index is -4.79. The van der Waals surface area contributed by atoms with Crippen LogP contribution in [0.5, 0.6) is 0 Å². The molecule has 0 aromatic heterocycles. The molecular weight excluding hydrogens is 955 g/mol. The van der Waals surface area contributed by atoms with Gasteiger partial charge >= 0.3 is 5.97 Å². The number of carboxylic acid groups (broad SMARTS) is 1. The largest absolute Gasteiger partial charge is 0.744 e. The van der Waals surface area contributed by atoms with Crippen molar-refractivity contribution in [3.8, 4) is 0 Å². The topological polar surface area (TPSA) is 297 Å². The van der Waals surface area contributed by atoms with Crippen LogP contribution in [0, 0.1) is 0 Å². The molecule has 0 bridgehead atoms. The maximum atomic E-state index is 13.3. The third kappa shape index (κ3) is 14.8. The highest BCUT2D eigenvalue weighted by molar-refractivity contribution is 7.86. The SMILES string of the molecule is CC1(C)C2=[N+](CCCCCCC(=O)NCC(C(=O)NCCCCCC(=O)O)NC(=O)CCCCCC3(C)/C(=C/C=C/2)N(CCCS(=O)(=O)O)c2ccc(S(=O)(=O)O)cc23)c2ccc(S(=O)(=O)[O-])cc21. The second-order valence-corrected chi connectivity index (χ2v) is 23.0. The number of carbonyl (C=O) groups is 4. The van der Waals surface area contributed by atoms with Crippen LogP contribution in [-0.2, 0) is 60.4 Å². The summed E-state index contributed by atoms with van der Waals surface area (Å²) >= 11 is 0. The normalized spacial score (nSPS) is 22.4. The molecule has 22 heteroatoms. The summed E-state index contributed by atoms with van der Waals surface area (Å²) in [6.07, 6.45) is 11.7. The van der Waals surface area contributed by atoms with Crippen LogP contribution < -0.4 is 20.9 Å². The Kier molecular flexibility index (Phi) is 18.5. The minimum absolute atomic E-state index is 0.00148. The predicted molar refractivity (Wildman–Crippen MR) is 257 cm³/mol. The first-order chi connectivity index (χ1) is 32.3. The van der Waals surface area contributed by atoms with Gasteiger partial charge in [0, 0.05) is 79.8 Å². The Morgan fingerprint density at radius 3 is 2.19 bits per heavy atom. The third-order valence-corrected chi connectivity index (χ3v) is 15.6. The average molecular weight is 1020 g/mol. The highest BCUT2D eigenvalue weighted by atomic mass is 32.2. The molecule has 0 spiro atoms. The van der Waals surface area contributed by atoms with Crippen LogP contribution in [0.3, 0.4) is 0 Å². The zero-order valence-electron chi connectivity index (χ0n) is 39.4. The van der Waals surface area contributed by atoms with Crippen molar-refractivity contribution in [2.75, 3.05) is 36.8 Å². The van der Waals surface area contributed by atoms with Crippen molar-refractivity contribution in [3.63, 3.8) is 0 Å². The summed E-state index contributed by atoms with van der Waals surface area (Å²) in [5.74, 6) is -2.66. The van der Waals surface area contributed by atoms with E-state index in [0.717, 1.165) is 5.71 Å². The van der Waals surface area contributed by atoms with Gasteiger partial charge in [0.15, 0.2) is 5.71 Å². The zero-order valence-corrected chi connectivity index (χ0v) is 41.8.